The van der Waals surface area contributed by atoms with Gasteiger partial charge in [0.1, 0.15) is 12.4 Å². The number of amides is 1. The van der Waals surface area contributed by atoms with Gasteiger partial charge in [-0.05, 0) is 66.8 Å². The second-order valence-electron chi connectivity index (χ2n) is 9.96. The van der Waals surface area contributed by atoms with Gasteiger partial charge in [0.25, 0.3) is 5.91 Å². The zero-order valence-corrected chi connectivity index (χ0v) is 21.7. The van der Waals surface area contributed by atoms with E-state index in [1.165, 1.54) is 17.5 Å². The van der Waals surface area contributed by atoms with E-state index in [1.54, 1.807) is 0 Å². The lowest BCUT2D eigenvalue weighted by Gasteiger charge is -2.24. The van der Waals surface area contributed by atoms with E-state index in [4.69, 9.17) is 9.47 Å². The van der Waals surface area contributed by atoms with E-state index >= 15 is 0 Å². The number of H-pyrrole nitrogens is 1. The van der Waals surface area contributed by atoms with Crippen molar-refractivity contribution in [1.29, 1.82) is 0 Å². The first-order valence-electron chi connectivity index (χ1n) is 12.9. The molecule has 0 saturated heterocycles. The van der Waals surface area contributed by atoms with Gasteiger partial charge in [-0.25, -0.2) is 0 Å². The third-order valence-electron chi connectivity index (χ3n) is 6.36. The molecule has 7 heteroatoms. The summed E-state index contributed by atoms with van der Waals surface area (Å²) in [6.07, 6.45) is 1.86. The molecule has 4 rings (SSSR count). The number of benzene rings is 2. The third kappa shape index (κ3) is 7.67. The topological polar surface area (TPSA) is 79.5 Å². The SMILES string of the molecule is Cc1cc(CNC(=O)c2ccc3c(c2)Cc2cccc(c2)CN(CCC(C)C)CCOCCO3)n[nH]1. The number of aromatic amines is 1. The Balaban J connectivity index is 1.52. The molecule has 1 aromatic heterocycles. The van der Waals surface area contributed by atoms with Gasteiger partial charge in [0.2, 0.25) is 0 Å². The van der Waals surface area contributed by atoms with Crippen molar-refractivity contribution in [3.8, 4) is 5.75 Å². The van der Waals surface area contributed by atoms with Crippen LogP contribution in [0.1, 0.15) is 58.7 Å². The number of hydrogen-bond acceptors (Lipinski definition) is 5. The second kappa shape index (κ2) is 12.7. The van der Waals surface area contributed by atoms with Crippen LogP contribution in [-0.4, -0.2) is 53.9 Å². The fraction of sp³-hybridized carbons (Fsp3) is 0.448. The summed E-state index contributed by atoms with van der Waals surface area (Å²) >= 11 is 0. The zero-order chi connectivity index (χ0) is 25.3. The average Bonchev–Trinajstić information content (AvgIpc) is 3.28. The van der Waals surface area contributed by atoms with Crippen molar-refractivity contribution in [2.75, 3.05) is 32.9 Å². The Morgan fingerprint density at radius 2 is 1.97 bits per heavy atom. The Hall–Kier alpha value is -3.16. The number of carbonyl (C=O) groups is 1. The van der Waals surface area contributed by atoms with Gasteiger partial charge in [0.05, 0.1) is 25.5 Å². The highest BCUT2D eigenvalue weighted by Crippen LogP contribution is 2.25. The Morgan fingerprint density at radius 3 is 2.78 bits per heavy atom. The van der Waals surface area contributed by atoms with Crippen LogP contribution in [0.5, 0.6) is 5.75 Å². The van der Waals surface area contributed by atoms with E-state index in [-0.39, 0.29) is 5.91 Å². The van der Waals surface area contributed by atoms with Crippen molar-refractivity contribution < 1.29 is 14.3 Å². The van der Waals surface area contributed by atoms with Crippen LogP contribution in [0, 0.1) is 12.8 Å². The van der Waals surface area contributed by atoms with Crippen LogP contribution in [0.25, 0.3) is 0 Å². The molecule has 192 valence electrons. The number of aromatic nitrogens is 2. The molecule has 0 fully saturated rings. The summed E-state index contributed by atoms with van der Waals surface area (Å²) in [6.45, 7) is 11.4. The summed E-state index contributed by atoms with van der Waals surface area (Å²) < 4.78 is 12.0. The van der Waals surface area contributed by atoms with Crippen LogP contribution in [0.4, 0.5) is 0 Å². The second-order valence-corrected chi connectivity index (χ2v) is 9.96. The fourth-order valence-corrected chi connectivity index (χ4v) is 4.37. The maximum absolute atomic E-state index is 12.9. The number of hydrogen-bond donors (Lipinski definition) is 2. The third-order valence-corrected chi connectivity index (χ3v) is 6.36. The minimum absolute atomic E-state index is 0.129. The van der Waals surface area contributed by atoms with Gasteiger partial charge in [0, 0.05) is 30.8 Å². The van der Waals surface area contributed by atoms with Crippen LogP contribution in [0.15, 0.2) is 48.5 Å². The standard InChI is InChI=1S/C29H38N4O3/c1-21(2)9-10-33-11-12-35-13-14-36-28-8-7-25(29(34)30-19-27-15-22(3)31-32-27)18-26(28)17-23-5-4-6-24(16-23)20-33/h4-8,15-16,18,21H,9-14,17,19-20H2,1-3H3,(H,30,34)(H,31,32). The lowest BCUT2D eigenvalue weighted by Crippen LogP contribution is -2.29. The molecule has 36 heavy (non-hydrogen) atoms. The molecule has 2 heterocycles. The van der Waals surface area contributed by atoms with E-state index in [1.807, 2.05) is 31.2 Å². The van der Waals surface area contributed by atoms with Crippen molar-refractivity contribution in [3.05, 3.63) is 82.2 Å². The largest absolute Gasteiger partial charge is 0.491 e. The van der Waals surface area contributed by atoms with Crippen molar-refractivity contribution in [2.45, 2.75) is 46.7 Å². The minimum Gasteiger partial charge on any atom is -0.491 e. The van der Waals surface area contributed by atoms with Gasteiger partial charge < -0.3 is 14.8 Å². The summed E-state index contributed by atoms with van der Waals surface area (Å²) in [4.78, 5) is 15.4. The van der Waals surface area contributed by atoms with Crippen molar-refractivity contribution in [3.63, 3.8) is 0 Å². The lowest BCUT2D eigenvalue weighted by atomic mass is 9.99. The van der Waals surface area contributed by atoms with E-state index in [0.29, 0.717) is 44.3 Å². The Morgan fingerprint density at radius 1 is 1.11 bits per heavy atom. The maximum atomic E-state index is 12.9. The molecule has 2 N–H and O–H groups in total. The van der Waals surface area contributed by atoms with E-state index < -0.39 is 0 Å². The number of carbonyl (C=O) groups excluding carboxylic acids is 1. The molecule has 1 aliphatic rings. The molecular weight excluding hydrogens is 452 g/mol. The van der Waals surface area contributed by atoms with Gasteiger partial charge in [-0.2, -0.15) is 5.10 Å². The highest BCUT2D eigenvalue weighted by molar-refractivity contribution is 5.94. The maximum Gasteiger partial charge on any atom is 0.251 e. The minimum atomic E-state index is -0.129. The number of aryl methyl sites for hydroxylation is 1. The number of nitrogens with one attached hydrogen (secondary N) is 2. The van der Waals surface area contributed by atoms with Gasteiger partial charge in [-0.15, -0.1) is 0 Å². The van der Waals surface area contributed by atoms with Gasteiger partial charge in [0.15, 0.2) is 0 Å². The van der Waals surface area contributed by atoms with E-state index in [0.717, 1.165) is 42.3 Å². The molecule has 0 aliphatic carbocycles. The Labute approximate surface area is 214 Å². The monoisotopic (exact) mass is 490 g/mol. The van der Waals surface area contributed by atoms with E-state index in [2.05, 4.69) is 58.5 Å². The predicted molar refractivity (Wildman–Crippen MR) is 141 cm³/mol. The Kier molecular flexibility index (Phi) is 9.14. The molecule has 0 spiro atoms. The number of ether oxygens (including phenoxy) is 2. The van der Waals surface area contributed by atoms with Crippen LogP contribution in [0.3, 0.4) is 0 Å². The predicted octanol–water partition coefficient (Wildman–Crippen LogP) is 4.50. The summed E-state index contributed by atoms with van der Waals surface area (Å²) in [7, 11) is 0. The average molecular weight is 491 g/mol. The highest BCUT2D eigenvalue weighted by atomic mass is 16.5. The van der Waals surface area contributed by atoms with E-state index in [9.17, 15) is 4.79 Å². The Bertz CT molecular complexity index is 1140. The highest BCUT2D eigenvalue weighted by Gasteiger charge is 2.14. The van der Waals surface area contributed by atoms with Gasteiger partial charge in [-0.1, -0.05) is 38.1 Å². The molecule has 2 aromatic carbocycles. The lowest BCUT2D eigenvalue weighted by molar-refractivity contribution is 0.0764. The fourth-order valence-electron chi connectivity index (χ4n) is 4.37. The van der Waals surface area contributed by atoms with Gasteiger partial charge >= 0.3 is 0 Å². The molecule has 0 radical (unpaired) electrons. The molecule has 0 saturated carbocycles. The summed E-state index contributed by atoms with van der Waals surface area (Å²) in [6, 6.07) is 16.3. The van der Waals surface area contributed by atoms with Crippen molar-refractivity contribution in [2.24, 2.45) is 5.92 Å². The number of rotatable bonds is 6. The zero-order valence-electron chi connectivity index (χ0n) is 21.7. The summed E-state index contributed by atoms with van der Waals surface area (Å²) in [5.74, 6) is 1.33. The van der Waals surface area contributed by atoms with Crippen LogP contribution >= 0.6 is 0 Å². The first kappa shape index (κ1) is 25.9. The van der Waals surface area contributed by atoms with Crippen molar-refractivity contribution >= 4 is 5.91 Å². The molecule has 1 amide bonds. The molecule has 0 unspecified atom stereocenters. The summed E-state index contributed by atoms with van der Waals surface area (Å²) in [5, 5.41) is 10.1. The number of nitrogens with zero attached hydrogens (tertiary/aromatic N) is 2. The smallest absolute Gasteiger partial charge is 0.251 e. The van der Waals surface area contributed by atoms with Crippen LogP contribution in [-0.2, 0) is 24.2 Å². The van der Waals surface area contributed by atoms with Crippen molar-refractivity contribution in [1.82, 2.24) is 20.4 Å². The molecule has 3 aromatic rings. The molecule has 7 nitrogen and oxygen atoms in total. The molecule has 1 aliphatic heterocycles. The molecule has 0 atom stereocenters. The first-order chi connectivity index (χ1) is 17.5. The van der Waals surface area contributed by atoms with Crippen LogP contribution in [0.2, 0.25) is 0 Å². The first-order valence-corrected chi connectivity index (χ1v) is 12.9. The molecular formula is C29H38N4O3. The summed E-state index contributed by atoms with van der Waals surface area (Å²) in [5.41, 5.74) is 5.87. The molecule has 2 bridgehead atoms. The normalized spacial score (nSPS) is 15.1. The number of fused-ring (bicyclic) bond motifs is 3. The quantitative estimate of drug-likeness (QED) is 0.532. The van der Waals surface area contributed by atoms with Gasteiger partial charge in [-0.3, -0.25) is 14.8 Å². The van der Waals surface area contributed by atoms with Crippen LogP contribution < -0.4 is 10.1 Å².